The van der Waals surface area contributed by atoms with Crippen LogP contribution in [0.2, 0.25) is 5.02 Å². The second-order valence-electron chi connectivity index (χ2n) is 7.50. The minimum Gasteiger partial charge on any atom is -0.493 e. The molecule has 0 aliphatic rings. The molecule has 0 unspecified atom stereocenters. The van der Waals surface area contributed by atoms with Crippen LogP contribution in [0.1, 0.15) is 28.1 Å². The normalized spacial score (nSPS) is 11.4. The number of H-pyrrole nitrogens is 1. The average molecular weight is 444 g/mol. The summed E-state index contributed by atoms with van der Waals surface area (Å²) in [6.45, 7) is 4.44. The maximum Gasteiger partial charge on any atom is 0.168 e. The number of para-hydroxylation sites is 1. The zero-order valence-corrected chi connectivity index (χ0v) is 18.8. The van der Waals surface area contributed by atoms with Crippen LogP contribution in [-0.4, -0.2) is 17.1 Å². The predicted octanol–water partition coefficient (Wildman–Crippen LogP) is 6.48. The lowest BCUT2D eigenvalue weighted by Crippen LogP contribution is -1.99. The molecule has 0 atom stereocenters. The van der Waals surface area contributed by atoms with Gasteiger partial charge in [0.25, 0.3) is 0 Å². The lowest BCUT2D eigenvalue weighted by Gasteiger charge is -2.14. The molecule has 3 aromatic carbocycles. The van der Waals surface area contributed by atoms with Crippen LogP contribution < -0.4 is 9.47 Å². The van der Waals surface area contributed by atoms with Crippen molar-refractivity contribution >= 4 is 34.3 Å². The van der Waals surface area contributed by atoms with Gasteiger partial charge in [-0.05, 0) is 66.9 Å². The standard InChI is InChI=1S/C26H22ClN3O2/c1-16-11-22-23(12-17(16)2)30-26(29-22)20(14-28)13-19-5-4-6-24(31-3)25(19)32-15-18-7-9-21(27)10-8-18/h4-13H,15H2,1-3H3,(H,29,30)/b20-13+. The van der Waals surface area contributed by atoms with E-state index in [1.165, 1.54) is 5.56 Å². The highest BCUT2D eigenvalue weighted by atomic mass is 35.5. The van der Waals surface area contributed by atoms with Crippen molar-refractivity contribution in [1.29, 1.82) is 5.26 Å². The Hall–Kier alpha value is -3.75. The van der Waals surface area contributed by atoms with Gasteiger partial charge in [0.2, 0.25) is 0 Å². The molecule has 1 heterocycles. The van der Waals surface area contributed by atoms with E-state index in [9.17, 15) is 5.26 Å². The third-order valence-electron chi connectivity index (χ3n) is 5.30. The molecular weight excluding hydrogens is 422 g/mol. The van der Waals surface area contributed by atoms with Crippen LogP contribution in [0.3, 0.4) is 0 Å². The molecule has 4 aromatic rings. The van der Waals surface area contributed by atoms with E-state index in [2.05, 4.69) is 23.0 Å². The highest BCUT2D eigenvalue weighted by molar-refractivity contribution is 6.30. The van der Waals surface area contributed by atoms with E-state index in [0.717, 1.165) is 27.7 Å². The van der Waals surface area contributed by atoms with Gasteiger partial charge >= 0.3 is 0 Å². The van der Waals surface area contributed by atoms with Crippen LogP contribution in [0, 0.1) is 25.2 Å². The van der Waals surface area contributed by atoms with Gasteiger partial charge in [0.1, 0.15) is 18.5 Å². The summed E-state index contributed by atoms with van der Waals surface area (Å²) < 4.78 is 11.6. The highest BCUT2D eigenvalue weighted by Gasteiger charge is 2.14. The van der Waals surface area contributed by atoms with E-state index in [1.807, 2.05) is 61.5 Å². The molecule has 0 saturated carbocycles. The van der Waals surface area contributed by atoms with E-state index >= 15 is 0 Å². The van der Waals surface area contributed by atoms with Crippen LogP contribution in [0.5, 0.6) is 11.5 Å². The van der Waals surface area contributed by atoms with E-state index in [1.54, 1.807) is 13.2 Å². The van der Waals surface area contributed by atoms with E-state index in [-0.39, 0.29) is 0 Å². The SMILES string of the molecule is COc1cccc(/C=C(\C#N)c2nc3cc(C)c(C)cc3[nH]2)c1OCc1ccc(Cl)cc1. The number of nitriles is 1. The molecule has 0 amide bonds. The zero-order valence-electron chi connectivity index (χ0n) is 18.1. The summed E-state index contributed by atoms with van der Waals surface area (Å²) in [5, 5.41) is 10.5. The molecule has 160 valence electrons. The second kappa shape index (κ2) is 9.17. The van der Waals surface area contributed by atoms with Crippen molar-refractivity contribution < 1.29 is 9.47 Å². The quantitative estimate of drug-likeness (QED) is 0.346. The average Bonchev–Trinajstić information content (AvgIpc) is 3.19. The third kappa shape index (κ3) is 4.46. The number of rotatable bonds is 6. The Kier molecular flexibility index (Phi) is 6.16. The van der Waals surface area contributed by atoms with Crippen LogP contribution in [0.25, 0.3) is 22.7 Å². The van der Waals surface area contributed by atoms with Gasteiger partial charge in [-0.25, -0.2) is 4.98 Å². The molecule has 0 saturated heterocycles. The molecular formula is C26H22ClN3O2. The summed E-state index contributed by atoms with van der Waals surface area (Å²) >= 11 is 5.97. The molecule has 0 aliphatic carbocycles. The van der Waals surface area contributed by atoms with Crippen LogP contribution in [-0.2, 0) is 6.61 Å². The van der Waals surface area contributed by atoms with E-state index in [4.69, 9.17) is 21.1 Å². The molecule has 4 rings (SSSR count). The smallest absolute Gasteiger partial charge is 0.168 e. The van der Waals surface area contributed by atoms with Crippen molar-refractivity contribution in [2.45, 2.75) is 20.5 Å². The molecule has 0 fully saturated rings. The molecule has 0 bridgehead atoms. The summed E-state index contributed by atoms with van der Waals surface area (Å²) in [7, 11) is 1.59. The Morgan fingerprint density at radius 1 is 1.12 bits per heavy atom. The van der Waals surface area contributed by atoms with Gasteiger partial charge in [-0.15, -0.1) is 0 Å². The highest BCUT2D eigenvalue weighted by Crippen LogP contribution is 2.34. The van der Waals surface area contributed by atoms with Gasteiger partial charge in [0.05, 0.1) is 23.7 Å². The molecule has 32 heavy (non-hydrogen) atoms. The number of halogens is 1. The van der Waals surface area contributed by atoms with Crippen molar-refractivity contribution in [1.82, 2.24) is 9.97 Å². The summed E-state index contributed by atoms with van der Waals surface area (Å²) in [5.41, 5.74) is 6.15. The van der Waals surface area contributed by atoms with Gasteiger partial charge in [-0.3, -0.25) is 0 Å². The van der Waals surface area contributed by atoms with Crippen molar-refractivity contribution in [3.63, 3.8) is 0 Å². The lowest BCUT2D eigenvalue weighted by molar-refractivity contribution is 0.284. The Balaban J connectivity index is 1.71. The van der Waals surface area contributed by atoms with E-state index in [0.29, 0.717) is 34.5 Å². The zero-order chi connectivity index (χ0) is 22.7. The van der Waals surface area contributed by atoms with Crippen LogP contribution in [0.15, 0.2) is 54.6 Å². The summed E-state index contributed by atoms with van der Waals surface area (Å²) in [5.74, 6) is 1.65. The first-order chi connectivity index (χ1) is 15.5. The number of ether oxygens (including phenoxy) is 2. The fourth-order valence-corrected chi connectivity index (χ4v) is 3.53. The molecule has 6 heteroatoms. The second-order valence-corrected chi connectivity index (χ2v) is 7.94. The number of fused-ring (bicyclic) bond motifs is 1. The first kappa shape index (κ1) is 21.5. The number of methoxy groups -OCH3 is 1. The molecule has 1 aromatic heterocycles. The van der Waals surface area contributed by atoms with Crippen molar-refractivity contribution in [3.8, 4) is 17.6 Å². The minimum atomic E-state index is 0.337. The third-order valence-corrected chi connectivity index (χ3v) is 5.55. The van der Waals surface area contributed by atoms with Gasteiger partial charge in [-0.2, -0.15) is 5.26 Å². The topological polar surface area (TPSA) is 70.9 Å². The minimum absolute atomic E-state index is 0.337. The largest absolute Gasteiger partial charge is 0.493 e. The molecule has 0 radical (unpaired) electrons. The van der Waals surface area contributed by atoms with Crippen molar-refractivity contribution in [3.05, 3.63) is 87.7 Å². The summed E-state index contributed by atoms with van der Waals surface area (Å²) in [6, 6.07) is 19.4. The Bertz CT molecular complexity index is 1310. The maximum atomic E-state index is 9.86. The van der Waals surface area contributed by atoms with Gasteiger partial charge in [0, 0.05) is 10.6 Å². The summed E-state index contributed by atoms with van der Waals surface area (Å²) in [6.07, 6.45) is 1.76. The lowest BCUT2D eigenvalue weighted by atomic mass is 10.1. The van der Waals surface area contributed by atoms with Gasteiger partial charge < -0.3 is 14.5 Å². The van der Waals surface area contributed by atoms with Gasteiger partial charge in [0.15, 0.2) is 11.5 Å². The number of hydrogen-bond donors (Lipinski definition) is 1. The predicted molar refractivity (Wildman–Crippen MR) is 128 cm³/mol. The number of nitrogens with zero attached hydrogens (tertiary/aromatic N) is 2. The van der Waals surface area contributed by atoms with Crippen molar-refractivity contribution in [2.24, 2.45) is 0 Å². The first-order valence-electron chi connectivity index (χ1n) is 10.1. The number of aromatic nitrogens is 2. The molecule has 0 spiro atoms. The Labute approximate surface area is 191 Å². The maximum absolute atomic E-state index is 9.86. The Morgan fingerprint density at radius 2 is 1.88 bits per heavy atom. The monoisotopic (exact) mass is 443 g/mol. The number of hydrogen-bond acceptors (Lipinski definition) is 4. The Morgan fingerprint density at radius 3 is 2.59 bits per heavy atom. The van der Waals surface area contributed by atoms with Crippen molar-refractivity contribution in [2.75, 3.05) is 7.11 Å². The van der Waals surface area contributed by atoms with Crippen LogP contribution >= 0.6 is 11.6 Å². The molecule has 0 aliphatic heterocycles. The number of aromatic amines is 1. The number of benzene rings is 3. The fourth-order valence-electron chi connectivity index (χ4n) is 3.40. The van der Waals surface area contributed by atoms with Gasteiger partial charge in [-0.1, -0.05) is 35.9 Å². The molecule has 5 nitrogen and oxygen atoms in total. The first-order valence-corrected chi connectivity index (χ1v) is 10.5. The number of allylic oxidation sites excluding steroid dienone is 1. The fraction of sp³-hybridized carbons (Fsp3) is 0.154. The number of nitrogens with one attached hydrogen (secondary N) is 1. The number of imidazole rings is 1. The van der Waals surface area contributed by atoms with Crippen LogP contribution in [0.4, 0.5) is 0 Å². The number of aryl methyl sites for hydroxylation is 2. The summed E-state index contributed by atoms with van der Waals surface area (Å²) in [4.78, 5) is 7.88. The van der Waals surface area contributed by atoms with E-state index < -0.39 is 0 Å². The molecule has 1 N–H and O–H groups in total.